The van der Waals surface area contributed by atoms with Gasteiger partial charge in [0.2, 0.25) is 5.24 Å². The maximum atomic E-state index is 10.5. The van der Waals surface area contributed by atoms with Crippen LogP contribution in [-0.4, -0.2) is 21.6 Å². The topological polar surface area (TPSA) is 54.4 Å². The number of carbonyl (C=O) groups is 2. The van der Waals surface area contributed by atoms with Crippen LogP contribution in [0.1, 0.15) is 328 Å². The van der Waals surface area contributed by atoms with Gasteiger partial charge in [0.1, 0.15) is 0 Å². The number of carboxylic acid groups (broad SMARTS) is 1. The second-order valence-corrected chi connectivity index (χ2v) is 28.5. The molecule has 0 atom stereocenters. The molecule has 0 fully saturated rings. The molecule has 0 aliphatic heterocycles. The molecule has 3 nitrogen and oxygen atoms in total. The Morgan fingerprint density at radius 1 is 0.381 bits per heavy atom. The molecular formula is C86H138BrClLi2O3S4. The van der Waals surface area contributed by atoms with Crippen molar-refractivity contribution < 1.29 is 52.4 Å². The SMILES string of the molecule is CCCCC/C=C\C/C=C\CCCCCCCBr.CCCCC/C=C\C/C=C\CCCCCCCC(=O)Cl.CCCCC/C=C\C/C=C\CCCCCCCC(=O)O.CCCCC/C=C\C/C=C\CCCCCCCc1cccs1.[Li+].[Li+].[c-]1cccs1.[c-]1cccs1.c1ccsc1. The quantitative estimate of drug-likeness (QED) is 0.0120. The monoisotopic (exact) mass is 1470 g/mol. The van der Waals surface area contributed by atoms with Crippen molar-refractivity contribution in [2.45, 2.75) is 329 Å². The number of carbonyl (C=O) groups excluding carboxylic acids is 1. The Bertz CT molecular complexity index is 2030. The number of allylic oxidation sites excluding steroid dienone is 16. The minimum atomic E-state index is -0.671. The Morgan fingerprint density at radius 2 is 0.691 bits per heavy atom. The zero-order valence-corrected chi connectivity index (χ0v) is 68.4. The number of aliphatic carboxylic acids is 1. The molecule has 0 saturated carbocycles. The number of hydrogen-bond donors (Lipinski definition) is 1. The standard InChI is InChI=1S/C21H34S.C18H31ClO.C18H32O2.C17H31Br.C4H4S.2C4H3S.2Li/c1-2-3-4-5-6-7-8-9-10-11-12-13-14-15-16-18-21-19-17-20-22-21;2*1-2-3-4-5-6-7-8-9-10-11-12-13-14-15-16-17-18(19)20;1-2-3-4-5-6-7-8-9-10-11-12-13-14-15-16-17-18;3*1-2-4-5-3-1;;/h6-7,9-10,17,19-20H,2-5,8,11-16,18H2,1H3;6-7,9-10H,2-5,8,11-17H2,1H3;6-7,9-10H,2-5,8,11-17H2,1H3,(H,19,20);6-7,9-10H,2-5,8,11-17H2,1H3;1-4H;2*1-3H;;/q;;;;;2*-1;2*+1/b4*7-6-,10-9-;;;;;. The fraction of sp³-hybridized carbons (Fsp3) is 0.605. The van der Waals surface area contributed by atoms with Crippen molar-refractivity contribution in [3.8, 4) is 0 Å². The molecule has 540 valence electrons. The average Bonchev–Trinajstić information content (AvgIpc) is 4.66. The van der Waals surface area contributed by atoms with Crippen molar-refractivity contribution in [3.05, 3.63) is 188 Å². The minimum absolute atomic E-state index is 0. The van der Waals surface area contributed by atoms with Crippen molar-refractivity contribution in [2.75, 3.05) is 5.33 Å². The van der Waals surface area contributed by atoms with Crippen LogP contribution in [0.25, 0.3) is 0 Å². The summed E-state index contributed by atoms with van der Waals surface area (Å²) in [6.45, 7) is 8.99. The molecule has 0 aliphatic carbocycles. The van der Waals surface area contributed by atoms with Gasteiger partial charge in [-0.05, 0) is 194 Å². The average molecular weight is 1480 g/mol. The minimum Gasteiger partial charge on any atom is -0.481 e. The van der Waals surface area contributed by atoms with Crippen molar-refractivity contribution in [3.63, 3.8) is 0 Å². The fourth-order valence-electron chi connectivity index (χ4n) is 9.25. The van der Waals surface area contributed by atoms with E-state index in [1.165, 1.54) is 231 Å². The van der Waals surface area contributed by atoms with Crippen LogP contribution in [0.15, 0.2) is 173 Å². The summed E-state index contributed by atoms with van der Waals surface area (Å²) in [6, 6.07) is 16.2. The van der Waals surface area contributed by atoms with E-state index < -0.39 is 5.97 Å². The molecule has 0 aromatic carbocycles. The van der Waals surface area contributed by atoms with Gasteiger partial charge in [-0.2, -0.15) is 34.2 Å². The number of thiophene rings is 4. The summed E-state index contributed by atoms with van der Waals surface area (Å²) in [7, 11) is 0. The van der Waals surface area contributed by atoms with E-state index in [1.807, 2.05) is 69.3 Å². The maximum Gasteiger partial charge on any atom is 1.00 e. The number of rotatable bonds is 55. The molecule has 0 saturated heterocycles. The normalized spacial score (nSPS) is 10.9. The number of unbranched alkanes of at least 4 members (excludes halogenated alkanes) is 32. The Hall–Kier alpha value is -2.18. The molecule has 11 heteroatoms. The predicted molar refractivity (Wildman–Crippen MR) is 439 cm³/mol. The van der Waals surface area contributed by atoms with Gasteiger partial charge in [-0.1, -0.05) is 287 Å². The van der Waals surface area contributed by atoms with Crippen molar-refractivity contribution in [1.82, 2.24) is 0 Å². The third kappa shape index (κ3) is 107. The smallest absolute Gasteiger partial charge is 0.481 e. The molecule has 4 heterocycles. The first-order valence-electron chi connectivity index (χ1n) is 37.8. The summed E-state index contributed by atoms with van der Waals surface area (Å²) in [6.07, 6.45) is 94.3. The Balaban J connectivity index is -0.000000357. The van der Waals surface area contributed by atoms with E-state index in [0.29, 0.717) is 12.8 Å². The summed E-state index contributed by atoms with van der Waals surface area (Å²) >= 11 is 15.5. The van der Waals surface area contributed by atoms with Gasteiger partial charge in [-0.15, -0.1) is 22.1 Å². The Kier molecular flexibility index (Phi) is 107. The first-order valence-corrected chi connectivity index (χ1v) is 42.9. The number of halogens is 2. The molecule has 0 aliphatic rings. The number of carboxylic acids is 1. The molecule has 4 rings (SSSR count). The molecule has 4 aromatic rings. The summed E-state index contributed by atoms with van der Waals surface area (Å²) in [4.78, 5) is 22.4. The van der Waals surface area contributed by atoms with Gasteiger partial charge in [0, 0.05) is 23.0 Å². The first-order chi connectivity index (χ1) is 46.9. The van der Waals surface area contributed by atoms with Gasteiger partial charge in [0.25, 0.3) is 0 Å². The molecular weight excluding hydrogens is 1340 g/mol. The zero-order valence-electron chi connectivity index (χ0n) is 62.8. The molecule has 1 N–H and O–H groups in total. The van der Waals surface area contributed by atoms with Gasteiger partial charge in [0.15, 0.2) is 0 Å². The van der Waals surface area contributed by atoms with E-state index in [0.717, 1.165) is 63.1 Å². The largest absolute Gasteiger partial charge is 1.00 e. The summed E-state index contributed by atoms with van der Waals surface area (Å²) < 4.78 is 0. The van der Waals surface area contributed by atoms with Crippen LogP contribution in [0.3, 0.4) is 0 Å². The zero-order chi connectivity index (χ0) is 69.4. The van der Waals surface area contributed by atoms with Crippen molar-refractivity contribution >= 4 is 84.1 Å². The van der Waals surface area contributed by atoms with E-state index in [9.17, 15) is 9.59 Å². The van der Waals surface area contributed by atoms with Crippen molar-refractivity contribution in [2.24, 2.45) is 0 Å². The molecule has 4 aromatic heterocycles. The van der Waals surface area contributed by atoms with Gasteiger partial charge in [0.05, 0.1) is 0 Å². The maximum absolute atomic E-state index is 10.5. The van der Waals surface area contributed by atoms with Crippen LogP contribution in [0, 0.1) is 10.8 Å². The molecule has 0 bridgehead atoms. The summed E-state index contributed by atoms with van der Waals surface area (Å²) in [5.74, 6) is -0.671. The third-order valence-corrected chi connectivity index (χ3v) is 18.3. The molecule has 0 radical (unpaired) electrons. The predicted octanol–water partition coefficient (Wildman–Crippen LogP) is 25.8. The van der Waals surface area contributed by atoms with Crippen molar-refractivity contribution in [1.29, 1.82) is 0 Å². The van der Waals surface area contributed by atoms with E-state index in [1.54, 1.807) is 38.9 Å². The molecule has 0 amide bonds. The van der Waals surface area contributed by atoms with E-state index in [2.05, 4.69) is 169 Å². The Morgan fingerprint density at radius 3 is 0.938 bits per heavy atom. The van der Waals surface area contributed by atoms with E-state index in [4.69, 9.17) is 16.7 Å². The molecule has 0 unspecified atom stereocenters. The van der Waals surface area contributed by atoms with Gasteiger partial charge in [-0.25, -0.2) is 12.1 Å². The van der Waals surface area contributed by atoms with Crippen LogP contribution < -0.4 is 37.7 Å². The van der Waals surface area contributed by atoms with E-state index in [-0.39, 0.29) is 43.0 Å². The summed E-state index contributed by atoms with van der Waals surface area (Å²) in [5.41, 5.74) is 0. The van der Waals surface area contributed by atoms with Gasteiger partial charge < -0.3 is 27.8 Å². The van der Waals surface area contributed by atoms with Crippen LogP contribution >= 0.6 is 72.9 Å². The number of hydrogen-bond acceptors (Lipinski definition) is 6. The fourth-order valence-corrected chi connectivity index (χ4v) is 11.8. The van der Waals surface area contributed by atoms with E-state index >= 15 is 0 Å². The summed E-state index contributed by atoms with van der Waals surface area (Å²) in [5, 5.41) is 25.5. The number of aryl methyl sites for hydroxylation is 1. The third-order valence-electron chi connectivity index (χ3n) is 14.9. The second kappa shape index (κ2) is 100. The molecule has 97 heavy (non-hydrogen) atoms. The first kappa shape index (κ1) is 103. The van der Waals surface area contributed by atoms with Gasteiger partial charge in [-0.3, -0.25) is 9.59 Å². The number of alkyl halides is 1. The van der Waals surface area contributed by atoms with Gasteiger partial charge >= 0.3 is 43.7 Å². The second-order valence-electron chi connectivity index (χ2n) is 23.9. The molecule has 0 spiro atoms. The Labute approximate surface area is 653 Å². The van der Waals surface area contributed by atoms with Crippen LogP contribution in [-0.2, 0) is 16.0 Å². The van der Waals surface area contributed by atoms with Crippen LogP contribution in [0.2, 0.25) is 0 Å². The van der Waals surface area contributed by atoms with Crippen LogP contribution in [0.4, 0.5) is 0 Å². The van der Waals surface area contributed by atoms with Crippen LogP contribution in [0.5, 0.6) is 0 Å².